The summed E-state index contributed by atoms with van der Waals surface area (Å²) in [6.45, 7) is 9.05. The number of benzene rings is 4. The Kier molecular flexibility index (Phi) is 45.3. The van der Waals surface area contributed by atoms with Gasteiger partial charge in [0.2, 0.25) is 0 Å². The number of unbranched alkanes of at least 4 members (excludes halogenated alkanes) is 40. The molecule has 4 rings (SSSR count). The third-order valence-corrected chi connectivity index (χ3v) is 19.0. The molecule has 4 aromatic carbocycles. The summed E-state index contributed by atoms with van der Waals surface area (Å²) in [5.41, 5.74) is 3.89. The maximum absolute atomic E-state index is 12.4. The van der Waals surface area contributed by atoms with E-state index in [-0.39, 0.29) is 47.5 Å². The van der Waals surface area contributed by atoms with Gasteiger partial charge in [0.1, 0.15) is 20.2 Å². The van der Waals surface area contributed by atoms with Gasteiger partial charge in [-0.1, -0.05) is 345 Å². The van der Waals surface area contributed by atoms with Crippen LogP contribution in [0.5, 0.6) is 0 Å². The first-order valence-electron chi connectivity index (χ1n) is 34.0. The molecule has 0 saturated heterocycles. The van der Waals surface area contributed by atoms with Gasteiger partial charge in [0.05, 0.1) is 9.79 Å². The molecule has 456 valence electrons. The van der Waals surface area contributed by atoms with Crippen LogP contribution in [0.1, 0.15) is 332 Å². The fourth-order valence-electron chi connectivity index (χ4n) is 12.3. The predicted octanol–water partition coefficient (Wildman–Crippen LogP) is 22.5. The second-order valence-corrected chi connectivity index (χ2v) is 26.8. The molecule has 0 fully saturated rings. The van der Waals surface area contributed by atoms with Crippen LogP contribution in [0.4, 0.5) is 0 Å². The van der Waals surface area contributed by atoms with Crippen molar-refractivity contribution in [1.82, 2.24) is 0 Å². The van der Waals surface area contributed by atoms with Gasteiger partial charge in [0.25, 0.3) is 0 Å². The van der Waals surface area contributed by atoms with E-state index in [1.165, 1.54) is 255 Å². The Bertz CT molecular complexity index is 2230. The molecule has 0 radical (unpaired) electrons. The van der Waals surface area contributed by atoms with E-state index in [0.717, 1.165) is 73.3 Å². The molecule has 0 aromatic heterocycles. The Morgan fingerprint density at radius 2 is 0.432 bits per heavy atom. The molecule has 6 nitrogen and oxygen atoms in total. The number of rotatable bonds is 50. The molecule has 0 bridgehead atoms. The van der Waals surface area contributed by atoms with E-state index in [1.807, 2.05) is 48.5 Å². The summed E-state index contributed by atoms with van der Waals surface area (Å²) in [4.78, 5) is 0.0516. The van der Waals surface area contributed by atoms with E-state index in [4.69, 9.17) is 0 Å². The van der Waals surface area contributed by atoms with Crippen molar-refractivity contribution in [3.8, 4) is 0 Å². The molecule has 81 heavy (non-hydrogen) atoms. The van der Waals surface area contributed by atoms with Crippen LogP contribution in [0.15, 0.2) is 70.5 Å². The quantitative estimate of drug-likeness (QED) is 0.0247. The summed E-state index contributed by atoms with van der Waals surface area (Å²) in [6, 6.07) is 19.4. The van der Waals surface area contributed by atoms with Crippen molar-refractivity contribution in [2.24, 2.45) is 0 Å². The van der Waals surface area contributed by atoms with E-state index in [0.29, 0.717) is 23.6 Å². The van der Waals surface area contributed by atoms with Gasteiger partial charge in [0.15, 0.2) is 0 Å². The van der Waals surface area contributed by atoms with Gasteiger partial charge in [-0.15, -0.1) is 0 Å². The van der Waals surface area contributed by atoms with Crippen LogP contribution >= 0.6 is 0 Å². The monoisotopic (exact) mass is 1180 g/mol. The fraction of sp³-hybridized carbons (Fsp3) is 0.722. The van der Waals surface area contributed by atoms with Crippen molar-refractivity contribution in [2.75, 3.05) is 0 Å². The van der Waals surface area contributed by atoms with E-state index in [1.54, 1.807) is 0 Å². The SMILES string of the molecule is CCCCCCCCCCCCCc1cc(CCCCCCCCCCCCC)c2ccccc2c1S(=O)(=O)[O-].CCCCCCCCCCCCCc1cc(CCCCCCCCCCCCC)c2ccccc2c1S(=O)(=O)[O-].[Ca+2]. The van der Waals surface area contributed by atoms with Crippen LogP contribution in [0.25, 0.3) is 21.5 Å². The maximum atomic E-state index is 12.4. The smallest absolute Gasteiger partial charge is 0.744 e. The van der Waals surface area contributed by atoms with Crippen molar-refractivity contribution in [3.63, 3.8) is 0 Å². The molecule has 0 aliphatic rings. The summed E-state index contributed by atoms with van der Waals surface area (Å²) >= 11 is 0. The topological polar surface area (TPSA) is 114 Å². The molecule has 0 amide bonds. The number of hydrogen-bond donors (Lipinski definition) is 0. The molecule has 0 N–H and O–H groups in total. The minimum Gasteiger partial charge on any atom is -0.744 e. The maximum Gasteiger partial charge on any atom is 2.00 e. The van der Waals surface area contributed by atoms with E-state index in [9.17, 15) is 25.9 Å². The van der Waals surface area contributed by atoms with Crippen LogP contribution in [0, 0.1) is 0 Å². The van der Waals surface area contributed by atoms with Gasteiger partial charge in [-0.2, -0.15) is 0 Å². The zero-order chi connectivity index (χ0) is 57.8. The zero-order valence-electron chi connectivity index (χ0n) is 52.7. The Labute approximate surface area is 529 Å². The van der Waals surface area contributed by atoms with E-state index < -0.39 is 20.2 Å². The molecule has 0 aliphatic carbocycles. The molecule has 0 saturated carbocycles. The van der Waals surface area contributed by atoms with Crippen LogP contribution in [-0.2, 0) is 45.9 Å². The summed E-state index contributed by atoms with van der Waals surface area (Å²) < 4.78 is 74.3. The number of fused-ring (bicyclic) bond motifs is 2. The Morgan fingerprint density at radius 1 is 0.259 bits per heavy atom. The van der Waals surface area contributed by atoms with Crippen LogP contribution < -0.4 is 0 Å². The molecule has 0 unspecified atom stereocenters. The van der Waals surface area contributed by atoms with Crippen LogP contribution in [0.2, 0.25) is 0 Å². The fourth-order valence-corrected chi connectivity index (χ4v) is 14.1. The van der Waals surface area contributed by atoms with Crippen molar-refractivity contribution in [2.45, 2.75) is 346 Å². The van der Waals surface area contributed by atoms with Crippen LogP contribution in [0.3, 0.4) is 0 Å². The molecular weight excluding hydrogens is 1060 g/mol. The summed E-state index contributed by atoms with van der Waals surface area (Å²) in [5.74, 6) is 0. The molecular formula is C72H118CaO6S2. The van der Waals surface area contributed by atoms with Crippen molar-refractivity contribution in [3.05, 3.63) is 82.9 Å². The van der Waals surface area contributed by atoms with Crippen LogP contribution in [-0.4, -0.2) is 63.7 Å². The molecule has 0 spiro atoms. The summed E-state index contributed by atoms with van der Waals surface area (Å²) in [7, 11) is -9.07. The third kappa shape index (κ3) is 33.8. The van der Waals surface area contributed by atoms with Gasteiger partial charge in [-0.25, -0.2) is 16.8 Å². The standard InChI is InChI=1S/2C36H60O3S.Ca/c2*1-3-5-7-9-11-13-15-17-19-21-23-27-32-31-33(28-24-22-20-18-16-14-12-10-8-6-4-2)36(40(37,38)39)35-30-26-25-29-34(32)35;/h2*25-26,29-31H,3-24,27-28H2,1-2H3,(H,37,38,39);/q;;+2/p-2. The number of aryl methyl sites for hydroxylation is 4. The van der Waals surface area contributed by atoms with Gasteiger partial charge in [0, 0.05) is 0 Å². The third-order valence-electron chi connectivity index (χ3n) is 17.0. The Balaban J connectivity index is 0.000000547. The average Bonchev–Trinajstić information content (AvgIpc) is 3.48. The second-order valence-electron chi connectivity index (χ2n) is 24.2. The average molecular weight is 1180 g/mol. The van der Waals surface area contributed by atoms with Gasteiger partial charge < -0.3 is 9.11 Å². The van der Waals surface area contributed by atoms with Gasteiger partial charge >= 0.3 is 37.7 Å². The minimum atomic E-state index is -4.54. The first-order chi connectivity index (χ1) is 39.0. The van der Waals surface area contributed by atoms with Crippen molar-refractivity contribution in [1.29, 1.82) is 0 Å². The molecule has 4 aromatic rings. The Morgan fingerprint density at radius 3 is 0.630 bits per heavy atom. The summed E-state index contributed by atoms with van der Waals surface area (Å²) in [5, 5.41) is 3.12. The molecule has 9 heteroatoms. The zero-order valence-corrected chi connectivity index (χ0v) is 56.5. The Hall–Kier alpha value is -1.52. The molecule has 0 atom stereocenters. The minimum absolute atomic E-state index is 0. The summed E-state index contributed by atoms with van der Waals surface area (Å²) in [6.07, 6.45) is 59.8. The van der Waals surface area contributed by atoms with E-state index >= 15 is 0 Å². The first kappa shape index (κ1) is 75.6. The molecule has 0 heterocycles. The van der Waals surface area contributed by atoms with Gasteiger partial charge in [-0.05, 0) is 95.2 Å². The normalized spacial score (nSPS) is 11.8. The number of hydrogen-bond acceptors (Lipinski definition) is 6. The second kappa shape index (κ2) is 48.6. The predicted molar refractivity (Wildman–Crippen MR) is 350 cm³/mol. The van der Waals surface area contributed by atoms with E-state index in [2.05, 4.69) is 39.8 Å². The van der Waals surface area contributed by atoms with Gasteiger partial charge in [-0.3, -0.25) is 0 Å². The molecule has 0 aliphatic heterocycles. The van der Waals surface area contributed by atoms with Crippen molar-refractivity contribution >= 4 is 79.5 Å². The largest absolute Gasteiger partial charge is 2.00 e. The first-order valence-corrected chi connectivity index (χ1v) is 36.8. The van der Waals surface area contributed by atoms with Crippen molar-refractivity contribution < 1.29 is 25.9 Å².